The molecule has 0 radical (unpaired) electrons. The van der Waals surface area contributed by atoms with Crippen molar-refractivity contribution in [1.29, 1.82) is 0 Å². The number of carbonyl (C=O) groups is 1. The molecule has 0 heterocycles. The van der Waals surface area contributed by atoms with Crippen LogP contribution in [-0.2, 0) is 4.74 Å². The normalized spacial score (nSPS) is 11.9. The monoisotopic (exact) mass is 213 g/mol. The van der Waals surface area contributed by atoms with E-state index in [4.69, 9.17) is 11.6 Å². The molecule has 0 bridgehead atoms. The van der Waals surface area contributed by atoms with Gasteiger partial charge in [-0.05, 0) is 22.9 Å². The van der Waals surface area contributed by atoms with Crippen LogP contribution in [-0.4, -0.2) is 13.1 Å². The Balaban J connectivity index is 2.88. The Hall–Kier alpha value is -1.42. The fourth-order valence-corrected chi connectivity index (χ4v) is 1.10. The van der Waals surface area contributed by atoms with Gasteiger partial charge in [0, 0.05) is 0 Å². The number of esters is 1. The van der Waals surface area contributed by atoms with E-state index in [1.807, 2.05) is 0 Å². The molecule has 1 rings (SSSR count). The van der Waals surface area contributed by atoms with Crippen LogP contribution in [0.3, 0.4) is 0 Å². The molecule has 14 heavy (non-hydrogen) atoms. The highest BCUT2D eigenvalue weighted by atomic mass is 35.5. The van der Waals surface area contributed by atoms with Crippen LogP contribution >= 0.6 is 11.6 Å². The van der Waals surface area contributed by atoms with Crippen molar-refractivity contribution in [2.45, 2.75) is 5.50 Å². The zero-order chi connectivity index (χ0) is 10.6. The minimum atomic E-state index is -0.915. The molecule has 1 aromatic rings. The van der Waals surface area contributed by atoms with E-state index < -0.39 is 11.5 Å². The lowest BCUT2D eigenvalue weighted by Crippen LogP contribution is -2.00. The molecule has 0 aliphatic carbocycles. The lowest BCUT2D eigenvalue weighted by molar-refractivity contribution is 0.0600. The highest BCUT2D eigenvalue weighted by Gasteiger charge is 2.09. The lowest BCUT2D eigenvalue weighted by Gasteiger charge is -2.02. The van der Waals surface area contributed by atoms with Gasteiger partial charge in [0.1, 0.15) is 0 Å². The maximum atomic E-state index is 11.0. The molecule has 0 saturated heterocycles. The summed E-state index contributed by atoms with van der Waals surface area (Å²) in [6.07, 6.45) is 0. The molecule has 1 atom stereocenters. The number of methoxy groups -OCH3 is 1. The summed E-state index contributed by atoms with van der Waals surface area (Å²) in [5.41, 5.74) is 0.0435. The largest absolute Gasteiger partial charge is 0.465 e. The maximum Gasteiger partial charge on any atom is 0.337 e. The van der Waals surface area contributed by atoms with E-state index in [-0.39, 0.29) is 0 Å². The second-order valence-electron chi connectivity index (χ2n) is 2.55. The second kappa shape index (κ2) is 4.72. The van der Waals surface area contributed by atoms with E-state index in [1.165, 1.54) is 19.2 Å². The predicted octanol–water partition coefficient (Wildman–Crippen LogP) is 2.48. The standard InChI is InChI=1S/C9H8ClNO3/c1-14-9(12)7-4-2-6(3-5-7)8(10)11-13/h2-5,8H,1H3. The number of nitroso groups, excluding NO2 is 1. The van der Waals surface area contributed by atoms with Crippen molar-refractivity contribution in [2.75, 3.05) is 7.11 Å². The summed E-state index contributed by atoms with van der Waals surface area (Å²) in [4.78, 5) is 21.1. The quantitative estimate of drug-likeness (QED) is 0.335. The first-order valence-corrected chi connectivity index (χ1v) is 4.27. The van der Waals surface area contributed by atoms with Crippen LogP contribution in [0.2, 0.25) is 0 Å². The number of rotatable bonds is 3. The van der Waals surface area contributed by atoms with Gasteiger partial charge in [-0.15, -0.1) is 4.91 Å². The zero-order valence-electron chi connectivity index (χ0n) is 7.44. The van der Waals surface area contributed by atoms with Crippen molar-refractivity contribution in [1.82, 2.24) is 0 Å². The van der Waals surface area contributed by atoms with Crippen molar-refractivity contribution in [3.05, 3.63) is 40.3 Å². The topological polar surface area (TPSA) is 55.7 Å². The van der Waals surface area contributed by atoms with Gasteiger partial charge in [-0.2, -0.15) is 0 Å². The molecule has 0 N–H and O–H groups in total. The molecule has 0 fully saturated rings. The van der Waals surface area contributed by atoms with Crippen molar-refractivity contribution in [3.8, 4) is 0 Å². The second-order valence-corrected chi connectivity index (χ2v) is 2.97. The lowest BCUT2D eigenvalue weighted by atomic mass is 10.1. The van der Waals surface area contributed by atoms with Crippen molar-refractivity contribution >= 4 is 17.6 Å². The SMILES string of the molecule is COC(=O)c1ccc(C(Cl)N=O)cc1. The van der Waals surface area contributed by atoms with Gasteiger partial charge in [-0.3, -0.25) is 0 Å². The molecule has 1 unspecified atom stereocenters. The third-order valence-electron chi connectivity index (χ3n) is 1.70. The molecule has 74 valence electrons. The van der Waals surface area contributed by atoms with Crippen LogP contribution in [0.25, 0.3) is 0 Å². The van der Waals surface area contributed by atoms with E-state index in [2.05, 4.69) is 9.91 Å². The molecule has 0 aromatic heterocycles. The number of ether oxygens (including phenoxy) is 1. The van der Waals surface area contributed by atoms with Gasteiger partial charge in [0.05, 0.1) is 12.7 Å². The van der Waals surface area contributed by atoms with Crippen LogP contribution in [0.5, 0.6) is 0 Å². The Morgan fingerprint density at radius 2 is 2.00 bits per heavy atom. The number of carbonyl (C=O) groups excluding carboxylic acids is 1. The minimum Gasteiger partial charge on any atom is -0.465 e. The summed E-state index contributed by atoms with van der Waals surface area (Å²) in [5.74, 6) is -0.429. The Morgan fingerprint density at radius 1 is 1.43 bits per heavy atom. The first-order valence-electron chi connectivity index (χ1n) is 3.84. The summed E-state index contributed by atoms with van der Waals surface area (Å²) in [6, 6.07) is 6.18. The van der Waals surface area contributed by atoms with Gasteiger partial charge in [0.15, 0.2) is 5.50 Å². The van der Waals surface area contributed by atoms with Gasteiger partial charge in [0.25, 0.3) is 0 Å². The molecule has 0 spiro atoms. The summed E-state index contributed by atoms with van der Waals surface area (Å²) >= 11 is 5.56. The molecule has 0 aliphatic rings. The fourth-order valence-electron chi connectivity index (χ4n) is 0.957. The molecule has 0 aliphatic heterocycles. The van der Waals surface area contributed by atoms with Gasteiger partial charge in [0.2, 0.25) is 0 Å². The van der Waals surface area contributed by atoms with E-state index in [9.17, 15) is 9.70 Å². The first kappa shape index (κ1) is 10.7. The summed E-state index contributed by atoms with van der Waals surface area (Å²) in [5, 5.41) is 2.65. The third-order valence-corrected chi connectivity index (χ3v) is 2.03. The van der Waals surface area contributed by atoms with Crippen LogP contribution in [0.1, 0.15) is 21.4 Å². The Labute approximate surface area is 85.8 Å². The Morgan fingerprint density at radius 3 is 2.43 bits per heavy atom. The molecule has 0 amide bonds. The molecular formula is C9H8ClNO3. The number of nitrogens with zero attached hydrogens (tertiary/aromatic N) is 1. The van der Waals surface area contributed by atoms with E-state index in [1.54, 1.807) is 12.1 Å². The van der Waals surface area contributed by atoms with Crippen LogP contribution in [0.15, 0.2) is 29.4 Å². The van der Waals surface area contributed by atoms with Gasteiger partial charge < -0.3 is 4.74 Å². The van der Waals surface area contributed by atoms with Gasteiger partial charge in [-0.25, -0.2) is 4.79 Å². The van der Waals surface area contributed by atoms with Crippen LogP contribution in [0.4, 0.5) is 0 Å². The van der Waals surface area contributed by atoms with E-state index >= 15 is 0 Å². The first-order chi connectivity index (χ1) is 6.69. The van der Waals surface area contributed by atoms with Crippen molar-refractivity contribution in [2.24, 2.45) is 5.18 Å². The summed E-state index contributed by atoms with van der Waals surface area (Å²) in [6.45, 7) is 0. The number of benzene rings is 1. The number of alkyl halides is 1. The zero-order valence-corrected chi connectivity index (χ0v) is 8.19. The number of halogens is 1. The van der Waals surface area contributed by atoms with Crippen molar-refractivity contribution in [3.63, 3.8) is 0 Å². The molecule has 0 saturated carbocycles. The highest BCUT2D eigenvalue weighted by molar-refractivity contribution is 6.20. The van der Waals surface area contributed by atoms with Gasteiger partial charge in [-0.1, -0.05) is 23.7 Å². The Bertz CT molecular complexity index is 336. The van der Waals surface area contributed by atoms with Crippen LogP contribution in [0, 0.1) is 4.91 Å². The molecule has 1 aromatic carbocycles. The highest BCUT2D eigenvalue weighted by Crippen LogP contribution is 2.21. The van der Waals surface area contributed by atoms with Crippen molar-refractivity contribution < 1.29 is 9.53 Å². The third kappa shape index (κ3) is 2.29. The average Bonchev–Trinajstić information content (AvgIpc) is 2.27. The smallest absolute Gasteiger partial charge is 0.337 e. The van der Waals surface area contributed by atoms with E-state index in [0.717, 1.165) is 0 Å². The van der Waals surface area contributed by atoms with E-state index in [0.29, 0.717) is 11.1 Å². The molecule has 4 nitrogen and oxygen atoms in total. The average molecular weight is 214 g/mol. The predicted molar refractivity (Wildman–Crippen MR) is 52.2 cm³/mol. The minimum absolute atomic E-state index is 0.408. The molecule has 5 heteroatoms. The fraction of sp³-hybridized carbons (Fsp3) is 0.222. The Kier molecular flexibility index (Phi) is 3.59. The van der Waals surface area contributed by atoms with Gasteiger partial charge >= 0.3 is 5.97 Å². The molecular weight excluding hydrogens is 206 g/mol. The van der Waals surface area contributed by atoms with Crippen LogP contribution < -0.4 is 0 Å². The summed E-state index contributed by atoms with van der Waals surface area (Å²) in [7, 11) is 1.30. The summed E-state index contributed by atoms with van der Waals surface area (Å²) < 4.78 is 4.51. The number of hydrogen-bond acceptors (Lipinski definition) is 4. The maximum absolute atomic E-state index is 11.0. The number of hydrogen-bond donors (Lipinski definition) is 0.